The van der Waals surface area contributed by atoms with E-state index in [2.05, 4.69) is 27.7 Å². The third-order valence-electron chi connectivity index (χ3n) is 2.01. The van der Waals surface area contributed by atoms with Crippen molar-refractivity contribution in [2.24, 2.45) is 0 Å². The van der Waals surface area contributed by atoms with Gasteiger partial charge in [0, 0.05) is 4.75 Å². The molecule has 0 aliphatic rings. The van der Waals surface area contributed by atoms with Gasteiger partial charge in [0.1, 0.15) is 11.3 Å². The molecular weight excluding hydrogens is 244 g/mol. The number of halogens is 1. The van der Waals surface area contributed by atoms with E-state index in [0.717, 1.165) is 19.3 Å². The van der Waals surface area contributed by atoms with Gasteiger partial charge in [0.2, 0.25) is 0 Å². The number of carbonyl (C=O) groups is 1. The van der Waals surface area contributed by atoms with Crippen LogP contribution in [-0.4, -0.2) is 22.0 Å². The van der Waals surface area contributed by atoms with E-state index in [1.165, 1.54) is 0 Å². The van der Waals surface area contributed by atoms with Crippen LogP contribution >= 0.6 is 23.4 Å². The molecule has 0 aromatic heterocycles. The Labute approximate surface area is 108 Å². The van der Waals surface area contributed by atoms with E-state index in [1.54, 1.807) is 11.8 Å². The van der Waals surface area contributed by atoms with Crippen molar-refractivity contribution in [2.75, 3.05) is 5.94 Å². The molecular formula is C12H23ClO2S. The Kier molecular flexibility index (Phi) is 8.29. The van der Waals surface area contributed by atoms with E-state index >= 15 is 0 Å². The molecule has 0 N–H and O–H groups in total. The third-order valence-corrected chi connectivity index (χ3v) is 3.51. The summed E-state index contributed by atoms with van der Waals surface area (Å²) < 4.78 is 5.22. The smallest absolute Gasteiger partial charge is 0.324 e. The minimum Gasteiger partial charge on any atom is -0.454 e. The van der Waals surface area contributed by atoms with Gasteiger partial charge in [-0.2, -0.15) is 0 Å². The zero-order valence-corrected chi connectivity index (χ0v) is 12.3. The number of thioether (sulfide) groups is 1. The molecule has 4 heteroatoms. The fourth-order valence-electron chi connectivity index (χ4n) is 1.05. The average Bonchev–Trinajstić information content (AvgIpc) is 2.15. The maximum Gasteiger partial charge on any atom is 0.324 e. The van der Waals surface area contributed by atoms with Crippen LogP contribution in [0.5, 0.6) is 0 Å². The highest BCUT2D eigenvalue weighted by Crippen LogP contribution is 2.23. The lowest BCUT2D eigenvalue weighted by atomic mass is 10.1. The van der Waals surface area contributed by atoms with Gasteiger partial charge in [0.15, 0.2) is 0 Å². The first-order chi connectivity index (χ1) is 7.37. The molecule has 2 nitrogen and oxygen atoms in total. The fourth-order valence-corrected chi connectivity index (χ4v) is 1.79. The Bertz CT molecular complexity index is 202. The van der Waals surface area contributed by atoms with E-state index in [0.29, 0.717) is 12.4 Å². The molecule has 1 atom stereocenters. The zero-order chi connectivity index (χ0) is 12.6. The minimum absolute atomic E-state index is 0.115. The Morgan fingerprint density at radius 3 is 2.50 bits per heavy atom. The van der Waals surface area contributed by atoms with E-state index < -0.39 is 5.38 Å². The van der Waals surface area contributed by atoms with Gasteiger partial charge in [0.05, 0.1) is 0 Å². The number of hydrogen-bond acceptors (Lipinski definition) is 3. The van der Waals surface area contributed by atoms with Crippen LogP contribution in [-0.2, 0) is 9.53 Å². The maximum atomic E-state index is 11.5. The standard InChI is InChI=1S/C12H23ClO2S/c1-5-6-7-8-10(13)11(14)15-9-16-12(2,3)4/h10H,5-9H2,1-4H3. The van der Waals surface area contributed by atoms with Gasteiger partial charge in [-0.3, -0.25) is 4.79 Å². The second-order valence-electron chi connectivity index (χ2n) is 4.80. The van der Waals surface area contributed by atoms with Gasteiger partial charge >= 0.3 is 5.97 Å². The summed E-state index contributed by atoms with van der Waals surface area (Å²) in [4.78, 5) is 11.5. The lowest BCUT2D eigenvalue weighted by Gasteiger charge is -2.17. The van der Waals surface area contributed by atoms with Crippen molar-refractivity contribution in [2.45, 2.75) is 63.5 Å². The lowest BCUT2D eigenvalue weighted by molar-refractivity contribution is -0.141. The number of rotatable bonds is 7. The largest absolute Gasteiger partial charge is 0.454 e. The second kappa shape index (κ2) is 8.24. The quantitative estimate of drug-likeness (QED) is 0.299. The molecule has 0 radical (unpaired) electrons. The molecule has 16 heavy (non-hydrogen) atoms. The second-order valence-corrected chi connectivity index (χ2v) is 7.08. The molecule has 0 amide bonds. The number of esters is 1. The Morgan fingerprint density at radius 1 is 1.38 bits per heavy atom. The Hall–Kier alpha value is 0.110. The number of carbonyl (C=O) groups excluding carboxylic acids is 1. The van der Waals surface area contributed by atoms with Crippen molar-refractivity contribution in [3.8, 4) is 0 Å². The molecule has 0 saturated carbocycles. The van der Waals surface area contributed by atoms with Crippen LogP contribution < -0.4 is 0 Å². The summed E-state index contributed by atoms with van der Waals surface area (Å²) in [6.45, 7) is 8.39. The van der Waals surface area contributed by atoms with E-state index in [4.69, 9.17) is 16.3 Å². The zero-order valence-electron chi connectivity index (χ0n) is 10.7. The lowest BCUT2D eigenvalue weighted by Crippen LogP contribution is -2.19. The van der Waals surface area contributed by atoms with Crippen molar-refractivity contribution in [1.29, 1.82) is 0 Å². The summed E-state index contributed by atoms with van der Waals surface area (Å²) in [6, 6.07) is 0. The number of unbranched alkanes of at least 4 members (excludes halogenated alkanes) is 2. The van der Waals surface area contributed by atoms with Crippen molar-refractivity contribution in [3.63, 3.8) is 0 Å². The summed E-state index contributed by atoms with van der Waals surface area (Å²) >= 11 is 7.54. The fraction of sp³-hybridized carbons (Fsp3) is 0.917. The van der Waals surface area contributed by atoms with Crippen LogP contribution in [0.1, 0.15) is 53.4 Å². The molecule has 1 unspecified atom stereocenters. The normalized spacial score (nSPS) is 13.6. The predicted molar refractivity (Wildman–Crippen MR) is 72.1 cm³/mol. The van der Waals surface area contributed by atoms with Crippen LogP contribution in [0.4, 0.5) is 0 Å². The van der Waals surface area contributed by atoms with Crippen molar-refractivity contribution in [1.82, 2.24) is 0 Å². The maximum absolute atomic E-state index is 11.5. The van der Waals surface area contributed by atoms with Crippen molar-refractivity contribution in [3.05, 3.63) is 0 Å². The molecule has 0 spiro atoms. The van der Waals surface area contributed by atoms with E-state index in [9.17, 15) is 4.79 Å². The van der Waals surface area contributed by atoms with Gasteiger partial charge in [0.25, 0.3) is 0 Å². The third kappa shape index (κ3) is 9.34. The number of ether oxygens (including phenoxy) is 1. The average molecular weight is 267 g/mol. The predicted octanol–water partition coefficient (Wildman–Crippen LogP) is 4.21. The number of hydrogen-bond donors (Lipinski definition) is 0. The summed E-state index contributed by atoms with van der Waals surface area (Å²) in [6.07, 6.45) is 3.96. The first kappa shape index (κ1) is 16.1. The van der Waals surface area contributed by atoms with Crippen LogP contribution in [0.25, 0.3) is 0 Å². The molecule has 96 valence electrons. The van der Waals surface area contributed by atoms with Crippen molar-refractivity contribution < 1.29 is 9.53 Å². The molecule has 0 fully saturated rings. The molecule has 0 bridgehead atoms. The topological polar surface area (TPSA) is 26.3 Å². The van der Waals surface area contributed by atoms with Gasteiger partial charge in [-0.25, -0.2) is 0 Å². The Balaban J connectivity index is 3.63. The van der Waals surface area contributed by atoms with E-state index in [-0.39, 0.29) is 10.7 Å². The van der Waals surface area contributed by atoms with Crippen LogP contribution in [0, 0.1) is 0 Å². The highest BCUT2D eigenvalue weighted by atomic mass is 35.5. The van der Waals surface area contributed by atoms with Gasteiger partial charge in [-0.15, -0.1) is 23.4 Å². The highest BCUT2D eigenvalue weighted by Gasteiger charge is 2.18. The van der Waals surface area contributed by atoms with Crippen molar-refractivity contribution >= 4 is 29.3 Å². The number of alkyl halides is 1. The molecule has 0 aromatic carbocycles. The molecule has 0 aliphatic carbocycles. The highest BCUT2D eigenvalue weighted by molar-refractivity contribution is 8.00. The minimum atomic E-state index is -0.480. The molecule has 0 aliphatic heterocycles. The van der Waals surface area contributed by atoms with Gasteiger partial charge < -0.3 is 4.74 Å². The monoisotopic (exact) mass is 266 g/mol. The molecule has 0 rings (SSSR count). The molecule has 0 aromatic rings. The van der Waals surface area contributed by atoms with Crippen LogP contribution in [0.15, 0.2) is 0 Å². The van der Waals surface area contributed by atoms with E-state index in [1.807, 2.05) is 0 Å². The molecule has 0 saturated heterocycles. The summed E-state index contributed by atoms with van der Waals surface area (Å²) in [5.74, 6) is 0.105. The van der Waals surface area contributed by atoms with Crippen LogP contribution in [0.2, 0.25) is 0 Å². The first-order valence-corrected chi connectivity index (χ1v) is 7.23. The van der Waals surface area contributed by atoms with Crippen LogP contribution in [0.3, 0.4) is 0 Å². The summed E-state index contributed by atoms with van der Waals surface area (Å²) in [7, 11) is 0. The first-order valence-electron chi connectivity index (χ1n) is 5.81. The van der Waals surface area contributed by atoms with Gasteiger partial charge in [-0.1, -0.05) is 47.0 Å². The van der Waals surface area contributed by atoms with Gasteiger partial charge in [-0.05, 0) is 6.42 Å². The molecule has 0 heterocycles. The summed E-state index contributed by atoms with van der Waals surface area (Å²) in [5, 5.41) is -0.480. The summed E-state index contributed by atoms with van der Waals surface area (Å²) in [5.41, 5.74) is 0. The Morgan fingerprint density at radius 2 is 2.00 bits per heavy atom. The SMILES string of the molecule is CCCCCC(Cl)C(=O)OCSC(C)(C)C.